The predicted octanol–water partition coefficient (Wildman–Crippen LogP) is 5.84. The second-order valence-electron chi connectivity index (χ2n) is 9.24. The molecular weight excluding hydrogens is 512 g/mol. The molecule has 2 aromatic heterocycles. The van der Waals surface area contributed by atoms with Crippen LogP contribution >= 0.6 is 11.3 Å². The van der Waals surface area contributed by atoms with Gasteiger partial charge in [-0.1, -0.05) is 55.8 Å². The molecule has 0 N–H and O–H groups in total. The van der Waals surface area contributed by atoms with Crippen molar-refractivity contribution in [1.29, 1.82) is 0 Å². The maximum absolute atomic E-state index is 13.9. The van der Waals surface area contributed by atoms with E-state index in [0.717, 1.165) is 46.5 Å². The van der Waals surface area contributed by atoms with Gasteiger partial charge in [-0.2, -0.15) is 0 Å². The fourth-order valence-electron chi connectivity index (χ4n) is 4.60. The number of benzene rings is 2. The number of carbonyl (C=O) groups is 2. The molecule has 0 radical (unpaired) electrons. The largest absolute Gasteiger partial charge is 0.465 e. The molecule has 4 rings (SSSR count). The van der Waals surface area contributed by atoms with Gasteiger partial charge in [0.05, 0.1) is 37.6 Å². The SMILES string of the molecule is CCCCc1nc(C)n(Cc2sccc2C(=O)OC)c(=O)c1Cc1ccc(-c2ccccc2C(=O)OC)cc1. The van der Waals surface area contributed by atoms with Gasteiger partial charge >= 0.3 is 11.9 Å². The second kappa shape index (κ2) is 12.7. The summed E-state index contributed by atoms with van der Waals surface area (Å²) in [6, 6.07) is 16.9. The zero-order chi connectivity index (χ0) is 27.9. The average molecular weight is 545 g/mol. The highest BCUT2D eigenvalue weighted by molar-refractivity contribution is 7.10. The smallest absolute Gasteiger partial charge is 0.339 e. The van der Waals surface area contributed by atoms with E-state index < -0.39 is 5.97 Å². The summed E-state index contributed by atoms with van der Waals surface area (Å²) in [5, 5.41) is 1.83. The first-order valence-corrected chi connectivity index (χ1v) is 13.8. The first-order valence-electron chi connectivity index (χ1n) is 12.9. The lowest BCUT2D eigenvalue weighted by Crippen LogP contribution is -2.30. The Morgan fingerprint density at radius 1 is 0.949 bits per heavy atom. The number of esters is 2. The highest BCUT2D eigenvalue weighted by Gasteiger charge is 2.19. The minimum absolute atomic E-state index is 0.0991. The van der Waals surface area contributed by atoms with Gasteiger partial charge in [0.25, 0.3) is 5.56 Å². The van der Waals surface area contributed by atoms with Crippen LogP contribution in [-0.2, 0) is 28.9 Å². The van der Waals surface area contributed by atoms with E-state index in [0.29, 0.717) is 28.9 Å². The van der Waals surface area contributed by atoms with Crippen LogP contribution in [0.2, 0.25) is 0 Å². The molecule has 0 saturated carbocycles. The zero-order valence-corrected chi connectivity index (χ0v) is 23.5. The van der Waals surface area contributed by atoms with Crippen molar-refractivity contribution in [2.24, 2.45) is 0 Å². The van der Waals surface area contributed by atoms with Gasteiger partial charge in [-0.25, -0.2) is 14.6 Å². The summed E-state index contributed by atoms with van der Waals surface area (Å²) in [6.07, 6.45) is 3.08. The van der Waals surface area contributed by atoms with Crippen molar-refractivity contribution >= 4 is 23.3 Å². The van der Waals surface area contributed by atoms with Crippen LogP contribution in [0.3, 0.4) is 0 Å². The molecule has 39 heavy (non-hydrogen) atoms. The molecule has 0 amide bonds. The number of hydrogen-bond donors (Lipinski definition) is 0. The molecule has 0 atom stereocenters. The first kappa shape index (κ1) is 28.0. The fraction of sp³-hybridized carbons (Fsp3) is 0.290. The third kappa shape index (κ3) is 6.17. The number of aromatic nitrogens is 2. The van der Waals surface area contributed by atoms with Gasteiger partial charge in [-0.05, 0) is 54.0 Å². The minimum atomic E-state index is -0.418. The summed E-state index contributed by atoms with van der Waals surface area (Å²) in [6.45, 7) is 4.20. The molecular formula is C31H32N2O5S. The monoisotopic (exact) mass is 544 g/mol. The van der Waals surface area contributed by atoms with Crippen molar-refractivity contribution in [3.05, 3.63) is 109 Å². The third-order valence-corrected chi connectivity index (χ3v) is 7.64. The van der Waals surface area contributed by atoms with Gasteiger partial charge in [0.2, 0.25) is 0 Å². The van der Waals surface area contributed by atoms with Crippen molar-refractivity contribution in [3.63, 3.8) is 0 Å². The normalized spacial score (nSPS) is 10.9. The molecule has 2 aromatic carbocycles. The van der Waals surface area contributed by atoms with E-state index in [2.05, 4.69) is 6.92 Å². The molecule has 0 bridgehead atoms. The van der Waals surface area contributed by atoms with Gasteiger partial charge < -0.3 is 9.47 Å². The van der Waals surface area contributed by atoms with Gasteiger partial charge in [-0.15, -0.1) is 11.3 Å². The van der Waals surface area contributed by atoms with E-state index >= 15 is 0 Å². The Bertz CT molecular complexity index is 1540. The lowest BCUT2D eigenvalue weighted by molar-refractivity contribution is 0.0592. The summed E-state index contributed by atoms with van der Waals surface area (Å²) in [7, 11) is 2.72. The molecule has 0 saturated heterocycles. The van der Waals surface area contributed by atoms with E-state index in [-0.39, 0.29) is 18.1 Å². The summed E-state index contributed by atoms with van der Waals surface area (Å²) in [5.74, 6) is -0.185. The summed E-state index contributed by atoms with van der Waals surface area (Å²) in [4.78, 5) is 43.9. The van der Waals surface area contributed by atoms with E-state index in [9.17, 15) is 14.4 Å². The molecule has 0 unspecified atom stereocenters. The molecule has 4 aromatic rings. The number of methoxy groups -OCH3 is 2. The fourth-order valence-corrected chi connectivity index (χ4v) is 5.45. The predicted molar refractivity (Wildman–Crippen MR) is 153 cm³/mol. The quantitative estimate of drug-likeness (QED) is 0.233. The maximum Gasteiger partial charge on any atom is 0.339 e. The van der Waals surface area contributed by atoms with Crippen LogP contribution in [0, 0.1) is 6.92 Å². The van der Waals surface area contributed by atoms with E-state index in [1.165, 1.54) is 25.6 Å². The lowest BCUT2D eigenvalue weighted by Gasteiger charge is -2.16. The van der Waals surface area contributed by atoms with E-state index in [1.807, 2.05) is 54.8 Å². The summed E-state index contributed by atoms with van der Waals surface area (Å²) >= 11 is 1.42. The number of unbranched alkanes of at least 4 members (excludes halogenated alkanes) is 1. The van der Waals surface area contributed by atoms with Gasteiger partial charge in [0.15, 0.2) is 0 Å². The average Bonchev–Trinajstić information content (AvgIpc) is 3.43. The Kier molecular flexibility index (Phi) is 9.09. The molecule has 0 aliphatic carbocycles. The molecule has 2 heterocycles. The number of hydrogen-bond acceptors (Lipinski definition) is 7. The third-order valence-electron chi connectivity index (χ3n) is 6.74. The van der Waals surface area contributed by atoms with Crippen LogP contribution < -0.4 is 5.56 Å². The number of thiophene rings is 1. The van der Waals surface area contributed by atoms with E-state index in [4.69, 9.17) is 14.5 Å². The standard InChI is InChI=1S/C31H32N2O5S/c1-5-6-11-27-26(29(34)33(20(2)32-27)19-28-25(16-17-39-28)31(36)38-4)18-21-12-14-22(15-13-21)23-9-7-8-10-24(23)30(35)37-3/h7-10,12-17H,5-6,11,18-19H2,1-4H3. The molecule has 0 spiro atoms. The van der Waals surface area contributed by atoms with Gasteiger partial charge in [0.1, 0.15) is 5.82 Å². The number of rotatable bonds is 10. The van der Waals surface area contributed by atoms with Crippen LogP contribution in [0.25, 0.3) is 11.1 Å². The highest BCUT2D eigenvalue weighted by atomic mass is 32.1. The maximum atomic E-state index is 13.9. The first-order chi connectivity index (χ1) is 18.9. The van der Waals surface area contributed by atoms with Crippen molar-refractivity contribution in [2.45, 2.75) is 46.1 Å². The Hall–Kier alpha value is -4.04. The molecule has 0 fully saturated rings. The number of aryl methyl sites for hydroxylation is 2. The molecule has 0 aliphatic rings. The van der Waals surface area contributed by atoms with Crippen molar-refractivity contribution < 1.29 is 19.1 Å². The highest BCUT2D eigenvalue weighted by Crippen LogP contribution is 2.26. The Balaban J connectivity index is 1.69. The van der Waals surface area contributed by atoms with Crippen molar-refractivity contribution in [3.8, 4) is 11.1 Å². The number of ether oxygens (including phenoxy) is 2. The second-order valence-corrected chi connectivity index (χ2v) is 10.2. The van der Waals surface area contributed by atoms with Crippen LogP contribution in [-0.4, -0.2) is 35.7 Å². The molecule has 0 aliphatic heterocycles. The Labute approximate surface area is 232 Å². The Morgan fingerprint density at radius 2 is 1.64 bits per heavy atom. The summed E-state index contributed by atoms with van der Waals surface area (Å²) in [5.41, 5.74) is 4.98. The number of carbonyl (C=O) groups excluding carboxylic acids is 2. The molecule has 202 valence electrons. The zero-order valence-electron chi connectivity index (χ0n) is 22.7. The van der Waals surface area contributed by atoms with Gasteiger partial charge in [0, 0.05) is 16.9 Å². The topological polar surface area (TPSA) is 87.5 Å². The van der Waals surface area contributed by atoms with Crippen LogP contribution in [0.5, 0.6) is 0 Å². The van der Waals surface area contributed by atoms with E-state index in [1.54, 1.807) is 16.7 Å². The summed E-state index contributed by atoms with van der Waals surface area (Å²) < 4.78 is 11.5. The van der Waals surface area contributed by atoms with Crippen molar-refractivity contribution in [1.82, 2.24) is 9.55 Å². The minimum Gasteiger partial charge on any atom is -0.465 e. The lowest BCUT2D eigenvalue weighted by atomic mass is 9.96. The van der Waals surface area contributed by atoms with Crippen molar-refractivity contribution in [2.75, 3.05) is 14.2 Å². The molecule has 7 nitrogen and oxygen atoms in total. The van der Waals surface area contributed by atoms with Crippen LogP contribution in [0.15, 0.2) is 64.8 Å². The van der Waals surface area contributed by atoms with Gasteiger partial charge in [-0.3, -0.25) is 9.36 Å². The number of nitrogens with zero attached hydrogens (tertiary/aromatic N) is 2. The van der Waals surface area contributed by atoms with Crippen LogP contribution in [0.4, 0.5) is 0 Å². The molecule has 8 heteroatoms. The van der Waals surface area contributed by atoms with Crippen LogP contribution in [0.1, 0.15) is 68.0 Å². The Morgan fingerprint density at radius 3 is 2.33 bits per heavy atom.